The van der Waals surface area contributed by atoms with E-state index in [9.17, 15) is 23.3 Å². The van der Waals surface area contributed by atoms with Crippen LogP contribution in [0.15, 0.2) is 18.2 Å². The van der Waals surface area contributed by atoms with Crippen molar-refractivity contribution in [2.75, 3.05) is 12.3 Å². The van der Waals surface area contributed by atoms with Crippen LogP contribution in [0.5, 0.6) is 0 Å². The average molecular weight is 394 g/mol. The number of rotatable bonds is 5. The highest BCUT2D eigenvalue weighted by atomic mass is 32.2. The molecule has 1 saturated carbocycles. The molecule has 1 saturated heterocycles. The molecule has 2 atom stereocenters. The van der Waals surface area contributed by atoms with Crippen molar-refractivity contribution in [3.63, 3.8) is 0 Å². The number of amides is 1. The third-order valence-corrected chi connectivity index (χ3v) is 7.33. The van der Waals surface area contributed by atoms with Crippen molar-refractivity contribution in [1.82, 2.24) is 4.90 Å². The second-order valence-electron chi connectivity index (χ2n) is 7.69. The molecule has 27 heavy (non-hydrogen) atoms. The summed E-state index contributed by atoms with van der Waals surface area (Å²) in [4.78, 5) is 25.1. The number of fused-ring (bicyclic) bond motifs is 1. The lowest BCUT2D eigenvalue weighted by molar-refractivity contribution is -0.385. The summed E-state index contributed by atoms with van der Waals surface area (Å²) in [7, 11) is -3.70. The van der Waals surface area contributed by atoms with Crippen molar-refractivity contribution in [2.24, 2.45) is 5.92 Å². The lowest BCUT2D eigenvalue weighted by Crippen LogP contribution is -2.51. The predicted molar refractivity (Wildman–Crippen MR) is 102 cm³/mol. The number of benzene rings is 1. The van der Waals surface area contributed by atoms with Gasteiger partial charge in [-0.1, -0.05) is 25.0 Å². The Hall–Kier alpha value is -1.96. The molecule has 1 heterocycles. The van der Waals surface area contributed by atoms with E-state index < -0.39 is 20.5 Å². The quantitative estimate of drug-likeness (QED) is 0.565. The van der Waals surface area contributed by atoms with E-state index >= 15 is 0 Å². The van der Waals surface area contributed by atoms with Gasteiger partial charge in [-0.05, 0) is 44.1 Å². The maximum atomic E-state index is 12.8. The van der Waals surface area contributed by atoms with Gasteiger partial charge in [-0.2, -0.15) is 0 Å². The Balaban J connectivity index is 1.72. The molecule has 0 N–H and O–H groups in total. The number of sulfone groups is 1. The Morgan fingerprint density at radius 1 is 1.22 bits per heavy atom. The number of hydrogen-bond acceptors (Lipinski definition) is 5. The molecule has 0 spiro atoms. The number of nitrogens with zero attached hydrogens (tertiary/aromatic N) is 2. The van der Waals surface area contributed by atoms with Crippen molar-refractivity contribution in [3.8, 4) is 0 Å². The fourth-order valence-corrected chi connectivity index (χ4v) is 5.95. The van der Waals surface area contributed by atoms with Crippen LogP contribution in [-0.2, 0) is 20.4 Å². The van der Waals surface area contributed by atoms with E-state index in [0.717, 1.165) is 32.1 Å². The topological polar surface area (TPSA) is 97.6 Å². The third kappa shape index (κ3) is 4.48. The van der Waals surface area contributed by atoms with Crippen LogP contribution in [0.25, 0.3) is 0 Å². The molecular weight excluding hydrogens is 368 g/mol. The molecule has 0 bridgehead atoms. The first-order valence-corrected chi connectivity index (χ1v) is 11.3. The molecule has 0 unspecified atom stereocenters. The van der Waals surface area contributed by atoms with E-state index in [4.69, 9.17) is 0 Å². The van der Waals surface area contributed by atoms with E-state index in [0.29, 0.717) is 23.6 Å². The molecule has 1 aromatic carbocycles. The fraction of sp³-hybridized carbons (Fsp3) is 0.632. The van der Waals surface area contributed by atoms with Crippen LogP contribution < -0.4 is 0 Å². The average Bonchev–Trinajstić information content (AvgIpc) is 2.62. The maximum absolute atomic E-state index is 12.8. The molecular formula is C19H26N2O5S. The molecule has 0 aromatic heterocycles. The first-order valence-electron chi connectivity index (χ1n) is 9.51. The number of nitro benzene ring substituents is 1. The van der Waals surface area contributed by atoms with Gasteiger partial charge in [0.25, 0.3) is 5.69 Å². The number of carbonyl (C=O) groups is 1. The van der Waals surface area contributed by atoms with E-state index in [1.165, 1.54) is 18.6 Å². The zero-order valence-corrected chi connectivity index (χ0v) is 16.4. The number of hydrogen-bond donors (Lipinski definition) is 0. The third-order valence-electron chi connectivity index (χ3n) is 5.90. The second kappa shape index (κ2) is 7.96. The highest BCUT2D eigenvalue weighted by molar-refractivity contribution is 7.91. The van der Waals surface area contributed by atoms with Gasteiger partial charge in [-0.3, -0.25) is 14.9 Å². The van der Waals surface area contributed by atoms with Crippen LogP contribution in [0.3, 0.4) is 0 Å². The maximum Gasteiger partial charge on any atom is 0.272 e. The SMILES string of the molecule is Cc1c(CS(=O)(=O)CC(=O)N2CCC[C@@H]3CCCC[C@@H]32)cccc1[N+](=O)[O-]. The smallest absolute Gasteiger partial charge is 0.272 e. The van der Waals surface area contributed by atoms with E-state index in [-0.39, 0.29) is 23.4 Å². The van der Waals surface area contributed by atoms with Gasteiger partial charge >= 0.3 is 0 Å². The van der Waals surface area contributed by atoms with Crippen LogP contribution in [0.2, 0.25) is 0 Å². The largest absolute Gasteiger partial charge is 0.339 e. The van der Waals surface area contributed by atoms with E-state index in [1.807, 2.05) is 0 Å². The number of carbonyl (C=O) groups excluding carboxylic acids is 1. The number of nitro groups is 1. The Labute approximate surface area is 159 Å². The summed E-state index contributed by atoms with van der Waals surface area (Å²) < 4.78 is 25.3. The predicted octanol–water partition coefficient (Wildman–Crippen LogP) is 3.00. The zero-order valence-electron chi connectivity index (χ0n) is 15.6. The van der Waals surface area contributed by atoms with Gasteiger partial charge in [0.2, 0.25) is 5.91 Å². The van der Waals surface area contributed by atoms with Crippen molar-refractivity contribution in [1.29, 1.82) is 0 Å². The molecule has 2 aliphatic rings. The zero-order chi connectivity index (χ0) is 19.6. The summed E-state index contributed by atoms with van der Waals surface area (Å²) in [5, 5.41) is 11.1. The minimum atomic E-state index is -3.70. The molecule has 1 aromatic rings. The van der Waals surface area contributed by atoms with E-state index in [1.54, 1.807) is 17.9 Å². The van der Waals surface area contributed by atoms with Gasteiger partial charge < -0.3 is 4.90 Å². The monoisotopic (exact) mass is 394 g/mol. The van der Waals surface area contributed by atoms with Gasteiger partial charge in [0.1, 0.15) is 5.75 Å². The summed E-state index contributed by atoms with van der Waals surface area (Å²) >= 11 is 0. The molecule has 148 valence electrons. The normalized spacial score (nSPS) is 22.9. The molecule has 8 heteroatoms. The number of piperidine rings is 1. The minimum Gasteiger partial charge on any atom is -0.339 e. The molecule has 1 amide bonds. The summed E-state index contributed by atoms with van der Waals surface area (Å²) in [6, 6.07) is 4.58. The molecule has 1 aliphatic heterocycles. The second-order valence-corrected chi connectivity index (χ2v) is 9.76. The Morgan fingerprint density at radius 3 is 2.67 bits per heavy atom. The first-order chi connectivity index (χ1) is 12.8. The highest BCUT2D eigenvalue weighted by Crippen LogP contribution is 2.35. The number of likely N-dealkylation sites (tertiary alicyclic amines) is 1. The van der Waals surface area contributed by atoms with Gasteiger partial charge in [0.05, 0.1) is 10.7 Å². The first kappa shape index (κ1) is 19.8. The molecule has 1 aliphatic carbocycles. The van der Waals surface area contributed by atoms with Gasteiger partial charge in [-0.25, -0.2) is 8.42 Å². The lowest BCUT2D eigenvalue weighted by Gasteiger charge is -2.44. The van der Waals surface area contributed by atoms with Crippen LogP contribution in [0, 0.1) is 23.0 Å². The summed E-state index contributed by atoms with van der Waals surface area (Å²) in [5.74, 6) is -0.708. The van der Waals surface area contributed by atoms with E-state index in [2.05, 4.69) is 0 Å². The van der Waals surface area contributed by atoms with Crippen LogP contribution >= 0.6 is 0 Å². The van der Waals surface area contributed by atoms with Crippen molar-refractivity contribution in [3.05, 3.63) is 39.4 Å². The minimum absolute atomic E-state index is 0.102. The standard InChI is InChI=1S/C19H26N2O5S/c1-14-16(7-4-10-17(14)21(23)24)12-27(25,26)13-19(22)20-11-5-8-15-6-2-3-9-18(15)20/h4,7,10,15,18H,2-3,5-6,8-9,11-13H2,1H3/t15-,18-/m0/s1. The Morgan fingerprint density at radius 2 is 1.93 bits per heavy atom. The van der Waals surface area contributed by atoms with Gasteiger partial charge in [0.15, 0.2) is 9.84 Å². The highest BCUT2D eigenvalue weighted by Gasteiger charge is 2.36. The summed E-state index contributed by atoms with van der Waals surface area (Å²) in [6.45, 7) is 2.17. The van der Waals surface area contributed by atoms with Crippen molar-refractivity contribution in [2.45, 2.75) is 57.2 Å². The van der Waals surface area contributed by atoms with Crippen LogP contribution in [0.4, 0.5) is 5.69 Å². The lowest BCUT2D eigenvalue weighted by atomic mass is 9.78. The molecule has 0 radical (unpaired) electrons. The Kier molecular flexibility index (Phi) is 5.83. The van der Waals surface area contributed by atoms with Crippen molar-refractivity contribution >= 4 is 21.4 Å². The fourth-order valence-electron chi connectivity index (χ4n) is 4.52. The Bertz CT molecular complexity index is 835. The van der Waals surface area contributed by atoms with Crippen LogP contribution in [-0.4, -0.2) is 42.5 Å². The molecule has 7 nitrogen and oxygen atoms in total. The van der Waals surface area contributed by atoms with Gasteiger partial charge in [-0.15, -0.1) is 0 Å². The van der Waals surface area contributed by atoms with Gasteiger partial charge in [0, 0.05) is 24.2 Å². The molecule has 2 fully saturated rings. The summed E-state index contributed by atoms with van der Waals surface area (Å²) in [6.07, 6.45) is 6.40. The summed E-state index contributed by atoms with van der Waals surface area (Å²) in [5.41, 5.74) is 0.616. The van der Waals surface area contributed by atoms with Crippen LogP contribution in [0.1, 0.15) is 49.7 Å². The molecule has 3 rings (SSSR count). The van der Waals surface area contributed by atoms with Crippen molar-refractivity contribution < 1.29 is 18.1 Å².